The zero-order valence-electron chi connectivity index (χ0n) is 22.7. The number of pyridine rings is 1. The first kappa shape index (κ1) is 26.4. The number of fused-ring (bicyclic) bond motifs is 2. The number of carbonyl (C=O) groups excluding carboxylic acids is 2. The first-order valence-corrected chi connectivity index (χ1v) is 14.7. The molecule has 42 heavy (non-hydrogen) atoms. The fraction of sp³-hybridized carbons (Fsp3) is 0.258. The fourth-order valence-corrected chi connectivity index (χ4v) is 6.15. The summed E-state index contributed by atoms with van der Waals surface area (Å²) >= 11 is 0.887. The van der Waals surface area contributed by atoms with Crippen LogP contribution in [0, 0.1) is 5.92 Å². The number of carbonyl (C=O) groups is 2. The number of benzene rings is 2. The summed E-state index contributed by atoms with van der Waals surface area (Å²) in [7, 11) is 0. The Kier molecular flexibility index (Phi) is 7.18. The summed E-state index contributed by atoms with van der Waals surface area (Å²) in [6, 6.07) is 18.1. The van der Waals surface area contributed by atoms with E-state index in [1.54, 1.807) is 18.3 Å². The van der Waals surface area contributed by atoms with Crippen molar-refractivity contribution in [2.24, 2.45) is 5.92 Å². The van der Waals surface area contributed by atoms with Crippen molar-refractivity contribution in [1.82, 2.24) is 25.6 Å². The van der Waals surface area contributed by atoms with E-state index in [-0.39, 0.29) is 17.9 Å². The molecule has 2 N–H and O–H groups in total. The third-order valence-corrected chi connectivity index (χ3v) is 8.49. The zero-order chi connectivity index (χ0) is 28.5. The van der Waals surface area contributed by atoms with Crippen LogP contribution in [0.4, 0.5) is 10.7 Å². The van der Waals surface area contributed by atoms with E-state index in [2.05, 4.69) is 37.6 Å². The molecule has 0 atom stereocenters. The Morgan fingerprint density at radius 1 is 1.02 bits per heavy atom. The van der Waals surface area contributed by atoms with Crippen LogP contribution in [0.2, 0.25) is 0 Å². The number of piperidine rings is 1. The number of hydrogen-bond donors (Lipinski definition) is 2. The van der Waals surface area contributed by atoms with Crippen LogP contribution in [0.15, 0.2) is 65.7 Å². The summed E-state index contributed by atoms with van der Waals surface area (Å²) in [4.78, 5) is 40.0. The molecule has 0 spiro atoms. The quantitative estimate of drug-likeness (QED) is 0.297. The Labute approximate surface area is 246 Å². The van der Waals surface area contributed by atoms with Gasteiger partial charge in [-0.1, -0.05) is 18.2 Å². The number of nitrogens with one attached hydrogen (secondary N) is 2. The number of imide groups is 1. The van der Waals surface area contributed by atoms with Crippen molar-refractivity contribution in [1.29, 1.82) is 0 Å². The smallest absolute Gasteiger partial charge is 0.290 e. The van der Waals surface area contributed by atoms with Gasteiger partial charge in [0.1, 0.15) is 0 Å². The van der Waals surface area contributed by atoms with Crippen molar-refractivity contribution in [3.8, 4) is 22.8 Å². The summed E-state index contributed by atoms with van der Waals surface area (Å²) in [5.41, 5.74) is 4.66. The van der Waals surface area contributed by atoms with Crippen molar-refractivity contribution in [3.63, 3.8) is 0 Å². The highest BCUT2D eigenvalue weighted by atomic mass is 32.2. The van der Waals surface area contributed by atoms with E-state index in [0.29, 0.717) is 29.0 Å². The molecule has 2 aromatic carbocycles. The molecule has 2 amide bonds. The zero-order valence-corrected chi connectivity index (χ0v) is 23.5. The molecule has 5 heterocycles. The molecule has 0 radical (unpaired) electrons. The van der Waals surface area contributed by atoms with E-state index in [0.717, 1.165) is 83.5 Å². The lowest BCUT2D eigenvalue weighted by molar-refractivity contribution is -0.115. The lowest BCUT2D eigenvalue weighted by Crippen LogP contribution is -2.38. The van der Waals surface area contributed by atoms with Crippen LogP contribution < -0.4 is 25.0 Å². The van der Waals surface area contributed by atoms with Crippen LogP contribution in [0.3, 0.4) is 0 Å². The van der Waals surface area contributed by atoms with Gasteiger partial charge in [-0.25, -0.2) is 15.0 Å². The highest BCUT2D eigenvalue weighted by Crippen LogP contribution is 2.37. The Morgan fingerprint density at radius 2 is 1.88 bits per heavy atom. The summed E-state index contributed by atoms with van der Waals surface area (Å²) in [6.45, 7) is 3.54. The second-order valence-corrected chi connectivity index (χ2v) is 11.5. The number of hydrogen-bond acceptors (Lipinski definition) is 10. The highest BCUT2D eigenvalue weighted by molar-refractivity contribution is 8.18. The number of para-hydroxylation sites is 1. The summed E-state index contributed by atoms with van der Waals surface area (Å²) in [5, 5.41) is 6.71. The molecule has 2 aromatic heterocycles. The average molecular weight is 581 g/mol. The monoisotopic (exact) mass is 580 g/mol. The van der Waals surface area contributed by atoms with Crippen molar-refractivity contribution < 1.29 is 19.1 Å². The molecule has 0 bridgehead atoms. The van der Waals surface area contributed by atoms with Gasteiger partial charge in [-0.2, -0.15) is 0 Å². The molecule has 10 nitrogen and oxygen atoms in total. The van der Waals surface area contributed by atoms with Gasteiger partial charge in [0.05, 0.1) is 21.8 Å². The number of aromatic nitrogens is 3. The van der Waals surface area contributed by atoms with E-state index >= 15 is 0 Å². The molecule has 7 rings (SSSR count). The molecule has 3 aliphatic heterocycles. The third-order valence-electron chi connectivity index (χ3n) is 7.68. The number of thioether (sulfide) groups is 1. The topological polar surface area (TPSA) is 119 Å². The Morgan fingerprint density at radius 3 is 2.74 bits per heavy atom. The minimum Gasteiger partial charge on any atom is -0.454 e. The third kappa shape index (κ3) is 5.53. The molecular weight excluding hydrogens is 552 g/mol. The Hall–Kier alpha value is -4.48. The SMILES string of the molecule is O=C1NC(=O)C(=Cc2ccnc(N3CCC(CNCc4cc5ccccc5nc4-c4ccc5c(c4)OCO5)CC3)n2)S1. The molecule has 0 saturated carbocycles. The molecule has 0 aliphatic carbocycles. The molecule has 4 aromatic rings. The van der Waals surface area contributed by atoms with Crippen LogP contribution >= 0.6 is 11.8 Å². The fourth-order valence-electron chi connectivity index (χ4n) is 5.49. The van der Waals surface area contributed by atoms with Gasteiger partial charge in [-0.05, 0) is 85.1 Å². The molecule has 0 unspecified atom stereocenters. The van der Waals surface area contributed by atoms with E-state index in [9.17, 15) is 9.59 Å². The van der Waals surface area contributed by atoms with Crippen LogP contribution in [0.1, 0.15) is 24.1 Å². The minimum absolute atomic E-state index is 0.243. The summed E-state index contributed by atoms with van der Waals surface area (Å²) < 4.78 is 11.1. The maximum atomic E-state index is 11.9. The van der Waals surface area contributed by atoms with Gasteiger partial charge >= 0.3 is 0 Å². The second kappa shape index (κ2) is 11.4. The van der Waals surface area contributed by atoms with Crippen LogP contribution in [-0.4, -0.2) is 52.5 Å². The maximum Gasteiger partial charge on any atom is 0.290 e. The van der Waals surface area contributed by atoms with E-state index in [4.69, 9.17) is 14.5 Å². The first-order chi connectivity index (χ1) is 20.6. The first-order valence-electron chi connectivity index (χ1n) is 13.9. The van der Waals surface area contributed by atoms with Gasteiger partial charge in [0.25, 0.3) is 11.1 Å². The van der Waals surface area contributed by atoms with Gasteiger partial charge < -0.3 is 19.7 Å². The lowest BCUT2D eigenvalue weighted by atomic mass is 9.96. The summed E-state index contributed by atoms with van der Waals surface area (Å²) in [6.07, 6.45) is 5.35. The average Bonchev–Trinajstić information content (AvgIpc) is 3.61. The maximum absolute atomic E-state index is 11.9. The molecule has 3 aliphatic rings. The predicted molar refractivity (Wildman–Crippen MR) is 161 cm³/mol. The van der Waals surface area contributed by atoms with Crippen molar-refractivity contribution >= 4 is 45.8 Å². The van der Waals surface area contributed by atoms with Crippen LogP contribution in [0.25, 0.3) is 28.2 Å². The second-order valence-electron chi connectivity index (χ2n) is 10.5. The molecule has 11 heteroatoms. The normalized spacial score (nSPS) is 17.8. The van der Waals surface area contributed by atoms with Crippen LogP contribution in [-0.2, 0) is 11.3 Å². The van der Waals surface area contributed by atoms with E-state index < -0.39 is 0 Å². The van der Waals surface area contributed by atoms with Crippen LogP contribution in [0.5, 0.6) is 11.5 Å². The number of ether oxygens (including phenoxy) is 2. The molecule has 212 valence electrons. The predicted octanol–water partition coefficient (Wildman–Crippen LogP) is 4.75. The minimum atomic E-state index is -0.388. The molecule has 2 saturated heterocycles. The molecule has 2 fully saturated rings. The van der Waals surface area contributed by atoms with Gasteiger partial charge in [-0.15, -0.1) is 0 Å². The number of rotatable bonds is 7. The van der Waals surface area contributed by atoms with Crippen molar-refractivity contribution in [2.45, 2.75) is 19.4 Å². The van der Waals surface area contributed by atoms with Gasteiger partial charge in [-0.3, -0.25) is 14.9 Å². The van der Waals surface area contributed by atoms with Gasteiger partial charge in [0, 0.05) is 36.8 Å². The summed E-state index contributed by atoms with van der Waals surface area (Å²) in [5.74, 6) is 2.29. The Bertz CT molecular complexity index is 1720. The largest absolute Gasteiger partial charge is 0.454 e. The van der Waals surface area contributed by atoms with Gasteiger partial charge in [0.2, 0.25) is 12.7 Å². The van der Waals surface area contributed by atoms with Gasteiger partial charge in [0.15, 0.2) is 11.5 Å². The lowest BCUT2D eigenvalue weighted by Gasteiger charge is -2.32. The van der Waals surface area contributed by atoms with Crippen molar-refractivity contribution in [3.05, 3.63) is 77.0 Å². The number of amides is 2. The van der Waals surface area contributed by atoms with E-state index in [1.807, 2.05) is 36.4 Å². The van der Waals surface area contributed by atoms with Crippen molar-refractivity contribution in [2.75, 3.05) is 31.3 Å². The Balaban J connectivity index is 0.995. The highest BCUT2D eigenvalue weighted by Gasteiger charge is 2.26. The number of nitrogens with zero attached hydrogens (tertiary/aromatic N) is 4. The number of anilines is 1. The molecular formula is C31H28N6O4S. The van der Waals surface area contributed by atoms with E-state index in [1.165, 1.54) is 0 Å². The standard InChI is InChI=1S/C31H28N6O4S/c38-29-27(42-31(39)36-29)15-23-7-10-33-30(34-23)37-11-8-19(9-12-37)16-32-17-22-13-20-3-1-2-4-24(20)35-28(22)21-5-6-25-26(14-21)41-18-40-25/h1-7,10,13-15,19,32H,8-9,11-12,16-18H2,(H,36,38,39).